The van der Waals surface area contributed by atoms with Crippen LogP contribution in [0.4, 0.5) is 0 Å². The Kier molecular flexibility index (Phi) is 4.31. The van der Waals surface area contributed by atoms with Gasteiger partial charge in [0.1, 0.15) is 0 Å². The van der Waals surface area contributed by atoms with Crippen LogP contribution in [0.5, 0.6) is 0 Å². The van der Waals surface area contributed by atoms with Crippen LogP contribution in [0, 0.1) is 17.3 Å². The van der Waals surface area contributed by atoms with E-state index in [0.29, 0.717) is 6.04 Å². The highest BCUT2D eigenvalue weighted by atomic mass is 16.1. The van der Waals surface area contributed by atoms with Crippen LogP contribution in [0.2, 0.25) is 0 Å². The molecule has 2 rings (SSSR count). The minimum absolute atomic E-state index is 0.201. The SMILES string of the molecule is CC(C)(CNC(C1CCCCC1)C1CC1)C(N)=O. The number of hydrogen-bond donors (Lipinski definition) is 2. The number of carbonyl (C=O) groups excluding carboxylic acids is 1. The van der Waals surface area contributed by atoms with Gasteiger partial charge in [0.25, 0.3) is 0 Å². The summed E-state index contributed by atoms with van der Waals surface area (Å²) in [4.78, 5) is 11.4. The van der Waals surface area contributed by atoms with Gasteiger partial charge < -0.3 is 11.1 Å². The van der Waals surface area contributed by atoms with Crippen molar-refractivity contribution in [1.82, 2.24) is 5.32 Å². The van der Waals surface area contributed by atoms with E-state index in [1.54, 1.807) is 0 Å². The Morgan fingerprint density at radius 3 is 2.22 bits per heavy atom. The summed E-state index contributed by atoms with van der Waals surface area (Å²) < 4.78 is 0. The van der Waals surface area contributed by atoms with Gasteiger partial charge in [-0.05, 0) is 51.4 Å². The molecule has 0 aromatic carbocycles. The first kappa shape index (κ1) is 13.9. The quantitative estimate of drug-likeness (QED) is 0.763. The normalized spacial score (nSPS) is 23.9. The van der Waals surface area contributed by atoms with E-state index in [0.717, 1.165) is 18.4 Å². The molecule has 2 aliphatic carbocycles. The minimum Gasteiger partial charge on any atom is -0.369 e. The van der Waals surface area contributed by atoms with E-state index in [4.69, 9.17) is 5.73 Å². The number of primary amides is 1. The number of carbonyl (C=O) groups is 1. The first-order valence-corrected chi connectivity index (χ1v) is 7.54. The Hall–Kier alpha value is -0.570. The number of nitrogens with two attached hydrogens (primary N) is 1. The molecule has 1 atom stereocenters. The predicted molar refractivity (Wildman–Crippen MR) is 74.1 cm³/mol. The van der Waals surface area contributed by atoms with Crippen LogP contribution in [-0.4, -0.2) is 18.5 Å². The van der Waals surface area contributed by atoms with E-state index in [1.165, 1.54) is 44.9 Å². The Labute approximate surface area is 111 Å². The monoisotopic (exact) mass is 252 g/mol. The molecular weight excluding hydrogens is 224 g/mol. The number of hydrogen-bond acceptors (Lipinski definition) is 2. The molecule has 0 radical (unpaired) electrons. The van der Waals surface area contributed by atoms with Gasteiger partial charge in [0.15, 0.2) is 0 Å². The van der Waals surface area contributed by atoms with Crippen molar-refractivity contribution in [3.05, 3.63) is 0 Å². The fourth-order valence-corrected chi connectivity index (χ4v) is 3.13. The minimum atomic E-state index is -0.429. The fourth-order valence-electron chi connectivity index (χ4n) is 3.13. The summed E-state index contributed by atoms with van der Waals surface area (Å²) in [7, 11) is 0. The summed E-state index contributed by atoms with van der Waals surface area (Å²) in [6.07, 6.45) is 9.64. The lowest BCUT2D eigenvalue weighted by Crippen LogP contribution is -2.47. The molecule has 3 nitrogen and oxygen atoms in total. The average molecular weight is 252 g/mol. The maximum Gasteiger partial charge on any atom is 0.224 e. The highest BCUT2D eigenvalue weighted by Gasteiger charge is 2.38. The maximum absolute atomic E-state index is 11.4. The van der Waals surface area contributed by atoms with Crippen molar-refractivity contribution in [2.24, 2.45) is 23.0 Å². The molecule has 0 aliphatic heterocycles. The molecule has 2 saturated carbocycles. The van der Waals surface area contributed by atoms with Gasteiger partial charge in [-0.15, -0.1) is 0 Å². The van der Waals surface area contributed by atoms with Gasteiger partial charge in [-0.1, -0.05) is 19.3 Å². The fraction of sp³-hybridized carbons (Fsp3) is 0.933. The van der Waals surface area contributed by atoms with Crippen molar-refractivity contribution in [1.29, 1.82) is 0 Å². The van der Waals surface area contributed by atoms with Gasteiger partial charge in [-0.25, -0.2) is 0 Å². The van der Waals surface area contributed by atoms with Crippen molar-refractivity contribution in [3.63, 3.8) is 0 Å². The Balaban J connectivity index is 1.88. The summed E-state index contributed by atoms with van der Waals surface area (Å²) in [6, 6.07) is 0.629. The summed E-state index contributed by atoms with van der Waals surface area (Å²) in [5.41, 5.74) is 5.02. The second-order valence-electron chi connectivity index (χ2n) is 6.89. The molecule has 2 aliphatic rings. The molecule has 2 fully saturated rings. The van der Waals surface area contributed by atoms with Gasteiger partial charge in [0, 0.05) is 12.6 Å². The molecule has 0 aromatic rings. The molecule has 3 heteroatoms. The molecule has 0 spiro atoms. The van der Waals surface area contributed by atoms with Crippen LogP contribution in [0.15, 0.2) is 0 Å². The number of amides is 1. The largest absolute Gasteiger partial charge is 0.369 e. The zero-order valence-electron chi connectivity index (χ0n) is 11.9. The van der Waals surface area contributed by atoms with Gasteiger partial charge in [0.2, 0.25) is 5.91 Å². The summed E-state index contributed by atoms with van der Waals surface area (Å²) in [5.74, 6) is 1.49. The smallest absolute Gasteiger partial charge is 0.224 e. The van der Waals surface area contributed by atoms with Crippen molar-refractivity contribution < 1.29 is 4.79 Å². The maximum atomic E-state index is 11.4. The molecule has 1 unspecified atom stereocenters. The molecule has 104 valence electrons. The zero-order valence-corrected chi connectivity index (χ0v) is 11.9. The van der Waals surface area contributed by atoms with E-state index in [2.05, 4.69) is 5.32 Å². The molecule has 1 amide bonds. The van der Waals surface area contributed by atoms with Gasteiger partial charge >= 0.3 is 0 Å². The van der Waals surface area contributed by atoms with Gasteiger partial charge in [-0.2, -0.15) is 0 Å². The van der Waals surface area contributed by atoms with Crippen LogP contribution >= 0.6 is 0 Å². The van der Waals surface area contributed by atoms with Gasteiger partial charge in [-0.3, -0.25) is 4.79 Å². The van der Waals surface area contributed by atoms with E-state index < -0.39 is 5.41 Å². The molecule has 0 aromatic heterocycles. The summed E-state index contributed by atoms with van der Waals surface area (Å²) in [5, 5.41) is 3.67. The van der Waals surface area contributed by atoms with E-state index in [9.17, 15) is 4.79 Å². The topological polar surface area (TPSA) is 55.1 Å². The molecule has 0 saturated heterocycles. The molecule has 18 heavy (non-hydrogen) atoms. The van der Waals surface area contributed by atoms with Crippen LogP contribution in [0.25, 0.3) is 0 Å². The Morgan fingerprint density at radius 2 is 1.72 bits per heavy atom. The lowest BCUT2D eigenvalue weighted by Gasteiger charge is -2.33. The van der Waals surface area contributed by atoms with Crippen molar-refractivity contribution in [2.45, 2.75) is 64.8 Å². The third-order valence-electron chi connectivity index (χ3n) is 4.73. The van der Waals surface area contributed by atoms with E-state index in [1.807, 2.05) is 13.8 Å². The van der Waals surface area contributed by atoms with Crippen LogP contribution in [-0.2, 0) is 4.79 Å². The summed E-state index contributed by atoms with van der Waals surface area (Å²) >= 11 is 0. The highest BCUT2D eigenvalue weighted by Crippen LogP contribution is 2.40. The third kappa shape index (κ3) is 3.47. The number of rotatable bonds is 6. The molecule has 0 heterocycles. The second kappa shape index (κ2) is 5.60. The lowest BCUT2D eigenvalue weighted by molar-refractivity contribution is -0.125. The standard InChI is InChI=1S/C15H28N2O/c1-15(2,14(16)18)10-17-13(12-8-9-12)11-6-4-3-5-7-11/h11-13,17H,3-10H2,1-2H3,(H2,16,18). The van der Waals surface area contributed by atoms with Crippen molar-refractivity contribution >= 4 is 5.91 Å². The number of nitrogens with one attached hydrogen (secondary N) is 1. The van der Waals surface area contributed by atoms with Crippen LogP contribution in [0.1, 0.15) is 58.8 Å². The zero-order chi connectivity index (χ0) is 13.2. The second-order valence-corrected chi connectivity index (χ2v) is 6.89. The lowest BCUT2D eigenvalue weighted by atomic mass is 9.81. The molecule has 0 bridgehead atoms. The Bertz CT molecular complexity index is 291. The highest BCUT2D eigenvalue weighted by molar-refractivity contribution is 5.80. The predicted octanol–water partition coefficient (Wildman–Crippen LogP) is 2.45. The van der Waals surface area contributed by atoms with Crippen molar-refractivity contribution in [3.8, 4) is 0 Å². The van der Waals surface area contributed by atoms with Gasteiger partial charge in [0.05, 0.1) is 5.41 Å². The summed E-state index contributed by atoms with van der Waals surface area (Å²) in [6.45, 7) is 4.60. The molecular formula is C15H28N2O. The van der Waals surface area contributed by atoms with E-state index in [-0.39, 0.29) is 5.91 Å². The third-order valence-corrected chi connectivity index (χ3v) is 4.73. The first-order chi connectivity index (χ1) is 8.50. The van der Waals surface area contributed by atoms with E-state index >= 15 is 0 Å². The van der Waals surface area contributed by atoms with Crippen LogP contribution < -0.4 is 11.1 Å². The first-order valence-electron chi connectivity index (χ1n) is 7.54. The average Bonchev–Trinajstić information content (AvgIpc) is 3.15. The molecule has 3 N–H and O–H groups in total. The van der Waals surface area contributed by atoms with Crippen molar-refractivity contribution in [2.75, 3.05) is 6.54 Å². The Morgan fingerprint density at radius 1 is 1.17 bits per heavy atom. The van der Waals surface area contributed by atoms with Crippen LogP contribution in [0.3, 0.4) is 0 Å².